The lowest BCUT2D eigenvalue weighted by Crippen LogP contribution is -2.31. The third-order valence-electron chi connectivity index (χ3n) is 4.13. The monoisotopic (exact) mass is 333 g/mol. The number of furan rings is 1. The van der Waals surface area contributed by atoms with Crippen LogP contribution in [0.3, 0.4) is 0 Å². The molecule has 124 valence electrons. The van der Waals surface area contributed by atoms with E-state index in [0.717, 1.165) is 5.56 Å². The smallest absolute Gasteiger partial charge is 0.330 e. The van der Waals surface area contributed by atoms with Gasteiger partial charge in [-0.05, 0) is 30.2 Å². The second-order valence-electron chi connectivity index (χ2n) is 5.68. The zero-order valence-electron chi connectivity index (χ0n) is 13.3. The highest BCUT2D eigenvalue weighted by molar-refractivity contribution is 5.90. The van der Waals surface area contributed by atoms with Gasteiger partial charge in [0.1, 0.15) is 11.4 Å². The Bertz CT molecular complexity index is 1130. The van der Waals surface area contributed by atoms with Crippen LogP contribution in [-0.2, 0) is 13.0 Å². The van der Waals surface area contributed by atoms with E-state index in [1.54, 1.807) is 30.7 Å². The maximum Gasteiger partial charge on any atom is 0.330 e. The van der Waals surface area contributed by atoms with Gasteiger partial charge in [0.15, 0.2) is 0 Å². The Morgan fingerprint density at radius 1 is 1.04 bits per heavy atom. The van der Waals surface area contributed by atoms with E-state index in [1.807, 2.05) is 30.3 Å². The second-order valence-corrected chi connectivity index (χ2v) is 5.68. The largest absolute Gasteiger partial charge is 0.464 e. The summed E-state index contributed by atoms with van der Waals surface area (Å²) in [6.45, 7) is 0.421. The number of hydrogen-bond donors (Lipinski definition) is 1. The Morgan fingerprint density at radius 3 is 2.64 bits per heavy atom. The van der Waals surface area contributed by atoms with E-state index in [0.29, 0.717) is 35.3 Å². The molecule has 0 radical (unpaired) electrons. The summed E-state index contributed by atoms with van der Waals surface area (Å²) in [5.74, 6) is 0.561. The summed E-state index contributed by atoms with van der Waals surface area (Å²) >= 11 is 0. The van der Waals surface area contributed by atoms with E-state index in [-0.39, 0.29) is 0 Å². The molecule has 4 aromatic rings. The van der Waals surface area contributed by atoms with E-state index < -0.39 is 11.2 Å². The summed E-state index contributed by atoms with van der Waals surface area (Å²) in [5, 5.41) is 0.352. The van der Waals surface area contributed by atoms with E-state index in [4.69, 9.17) is 4.42 Å². The zero-order chi connectivity index (χ0) is 17.2. The second kappa shape index (κ2) is 6.24. The molecular formula is C19H15N3O3. The number of aromatic nitrogens is 3. The number of nitrogens with zero attached hydrogens (tertiary/aromatic N) is 2. The molecule has 0 spiro atoms. The standard InChI is InChI=1S/C19H15N3O3/c23-18-16-14(15-7-4-12-25-15)8-10-20-17(16)22(19(24)21-18)11-9-13-5-2-1-3-6-13/h1-8,10,12H,9,11H2,(H,21,23,24). The van der Waals surface area contributed by atoms with E-state index in [1.165, 1.54) is 4.57 Å². The van der Waals surface area contributed by atoms with Gasteiger partial charge in [-0.1, -0.05) is 30.3 Å². The van der Waals surface area contributed by atoms with Crippen LogP contribution in [0.5, 0.6) is 0 Å². The number of fused-ring (bicyclic) bond motifs is 1. The van der Waals surface area contributed by atoms with Gasteiger partial charge in [0.05, 0.1) is 11.6 Å². The lowest BCUT2D eigenvalue weighted by molar-refractivity contribution is 0.582. The first-order chi connectivity index (χ1) is 12.2. The van der Waals surface area contributed by atoms with E-state index in [2.05, 4.69) is 9.97 Å². The third-order valence-corrected chi connectivity index (χ3v) is 4.13. The lowest BCUT2D eigenvalue weighted by Gasteiger charge is -2.10. The number of nitrogens with one attached hydrogen (secondary N) is 1. The van der Waals surface area contributed by atoms with E-state index >= 15 is 0 Å². The molecule has 1 aromatic carbocycles. The first kappa shape index (κ1) is 15.1. The van der Waals surface area contributed by atoms with Crippen LogP contribution in [0, 0.1) is 0 Å². The Balaban J connectivity index is 1.86. The fraction of sp³-hybridized carbons (Fsp3) is 0.105. The number of benzene rings is 1. The zero-order valence-corrected chi connectivity index (χ0v) is 13.3. The van der Waals surface area contributed by atoms with Crippen LogP contribution < -0.4 is 11.2 Å². The van der Waals surface area contributed by atoms with Gasteiger partial charge in [-0.25, -0.2) is 9.78 Å². The first-order valence-corrected chi connectivity index (χ1v) is 7.93. The molecule has 0 unspecified atom stereocenters. The summed E-state index contributed by atoms with van der Waals surface area (Å²) in [4.78, 5) is 31.4. The number of hydrogen-bond acceptors (Lipinski definition) is 4. The highest BCUT2D eigenvalue weighted by Gasteiger charge is 2.15. The third kappa shape index (κ3) is 2.78. The lowest BCUT2D eigenvalue weighted by atomic mass is 10.1. The van der Waals surface area contributed by atoms with Crippen molar-refractivity contribution in [3.8, 4) is 11.3 Å². The van der Waals surface area contributed by atoms with Gasteiger partial charge in [-0.3, -0.25) is 14.3 Å². The maximum absolute atomic E-state index is 12.4. The average Bonchev–Trinajstić information content (AvgIpc) is 3.16. The Morgan fingerprint density at radius 2 is 1.88 bits per heavy atom. The molecule has 6 heteroatoms. The summed E-state index contributed by atoms with van der Waals surface area (Å²) in [7, 11) is 0. The molecule has 0 saturated heterocycles. The maximum atomic E-state index is 12.4. The molecule has 25 heavy (non-hydrogen) atoms. The van der Waals surface area contributed by atoms with Gasteiger partial charge in [0.2, 0.25) is 0 Å². The molecular weight excluding hydrogens is 318 g/mol. The molecule has 0 bridgehead atoms. The van der Waals surface area contributed by atoms with Gasteiger partial charge >= 0.3 is 5.69 Å². The molecule has 4 rings (SSSR count). The normalized spacial score (nSPS) is 11.0. The van der Waals surface area contributed by atoms with Gasteiger partial charge in [-0.15, -0.1) is 0 Å². The minimum Gasteiger partial charge on any atom is -0.464 e. The molecule has 1 N–H and O–H groups in total. The predicted molar refractivity (Wildman–Crippen MR) is 94.5 cm³/mol. The Kier molecular flexibility index (Phi) is 3.78. The molecule has 0 saturated carbocycles. The van der Waals surface area contributed by atoms with Crippen LogP contribution in [0.1, 0.15) is 5.56 Å². The summed E-state index contributed by atoms with van der Waals surface area (Å²) in [5.41, 5.74) is 1.16. The van der Waals surface area contributed by atoms with Crippen molar-refractivity contribution in [3.63, 3.8) is 0 Å². The SMILES string of the molecule is O=c1[nH]c(=O)n(CCc2ccccc2)c2nccc(-c3ccco3)c12. The van der Waals surface area contributed by atoms with Crippen LogP contribution in [0.25, 0.3) is 22.4 Å². The van der Waals surface area contributed by atoms with Crippen molar-refractivity contribution in [1.29, 1.82) is 0 Å². The molecule has 0 atom stereocenters. The van der Waals surface area contributed by atoms with Crippen LogP contribution in [-0.4, -0.2) is 14.5 Å². The summed E-state index contributed by atoms with van der Waals surface area (Å²) in [6.07, 6.45) is 3.79. The number of aromatic amines is 1. The number of aryl methyl sites for hydroxylation is 2. The average molecular weight is 333 g/mol. The van der Waals surface area contributed by atoms with Crippen molar-refractivity contribution < 1.29 is 4.42 Å². The van der Waals surface area contributed by atoms with Crippen molar-refractivity contribution in [2.24, 2.45) is 0 Å². The highest BCUT2D eigenvalue weighted by Crippen LogP contribution is 2.24. The molecule has 3 heterocycles. The topological polar surface area (TPSA) is 80.9 Å². The van der Waals surface area contributed by atoms with Gasteiger partial charge in [0.25, 0.3) is 5.56 Å². The van der Waals surface area contributed by atoms with Crippen molar-refractivity contribution in [2.75, 3.05) is 0 Å². The van der Waals surface area contributed by atoms with Crippen LogP contribution >= 0.6 is 0 Å². The van der Waals surface area contributed by atoms with Gasteiger partial charge < -0.3 is 4.42 Å². The summed E-state index contributed by atoms with van der Waals surface area (Å²) in [6, 6.07) is 15.1. The number of H-pyrrole nitrogens is 1. The van der Waals surface area contributed by atoms with Crippen molar-refractivity contribution in [3.05, 3.63) is 87.4 Å². The minimum absolute atomic E-state index is 0.352. The van der Waals surface area contributed by atoms with E-state index in [9.17, 15) is 9.59 Å². The highest BCUT2D eigenvalue weighted by atomic mass is 16.3. The quantitative estimate of drug-likeness (QED) is 0.622. The van der Waals surface area contributed by atoms with Crippen molar-refractivity contribution in [2.45, 2.75) is 13.0 Å². The van der Waals surface area contributed by atoms with Gasteiger partial charge in [0, 0.05) is 18.3 Å². The van der Waals surface area contributed by atoms with Crippen molar-refractivity contribution in [1.82, 2.24) is 14.5 Å². The molecule has 3 aromatic heterocycles. The fourth-order valence-electron chi connectivity index (χ4n) is 2.93. The molecule has 0 amide bonds. The Hall–Kier alpha value is -3.41. The van der Waals surface area contributed by atoms with Crippen LogP contribution in [0.4, 0.5) is 0 Å². The number of pyridine rings is 1. The minimum atomic E-state index is -0.463. The van der Waals surface area contributed by atoms with Crippen molar-refractivity contribution >= 4 is 11.0 Å². The first-order valence-electron chi connectivity index (χ1n) is 7.93. The molecule has 0 aliphatic heterocycles. The number of rotatable bonds is 4. The fourth-order valence-corrected chi connectivity index (χ4v) is 2.93. The molecule has 0 fully saturated rings. The summed E-state index contributed by atoms with van der Waals surface area (Å²) < 4.78 is 6.91. The van der Waals surface area contributed by atoms with Crippen LogP contribution in [0.15, 0.2) is 75.0 Å². The molecule has 6 nitrogen and oxygen atoms in total. The molecule has 0 aliphatic rings. The van der Waals surface area contributed by atoms with Gasteiger partial charge in [-0.2, -0.15) is 0 Å². The Labute approximate surface area is 142 Å². The molecule has 0 aliphatic carbocycles. The predicted octanol–water partition coefficient (Wildman–Crippen LogP) is 2.59. The van der Waals surface area contributed by atoms with Crippen LogP contribution in [0.2, 0.25) is 0 Å².